The van der Waals surface area contributed by atoms with E-state index in [-0.39, 0.29) is 18.0 Å². The molecule has 2 aromatic rings. The Morgan fingerprint density at radius 1 is 1.21 bits per heavy atom. The molecule has 0 aromatic heterocycles. The van der Waals surface area contributed by atoms with Gasteiger partial charge in [-0.3, -0.25) is 4.90 Å². The first kappa shape index (κ1) is 19.3. The second-order valence-electron chi connectivity index (χ2n) is 6.84. The number of ether oxygens (including phenoxy) is 1. The third-order valence-corrected chi connectivity index (χ3v) is 6.84. The minimum atomic E-state index is -4.01. The van der Waals surface area contributed by atoms with Crippen LogP contribution in [0.25, 0.3) is 0 Å². The molecule has 2 heterocycles. The number of nitrogens with zero attached hydrogens (tertiary/aromatic N) is 2. The van der Waals surface area contributed by atoms with E-state index in [2.05, 4.69) is 5.32 Å². The fourth-order valence-electron chi connectivity index (χ4n) is 3.65. The average Bonchev–Trinajstić information content (AvgIpc) is 3.32. The molecular formula is C20H21N3O5S. The summed E-state index contributed by atoms with van der Waals surface area (Å²) in [7, 11) is -4.01. The molecule has 3 amide bonds. The fourth-order valence-corrected chi connectivity index (χ4v) is 5.06. The van der Waals surface area contributed by atoms with E-state index in [1.165, 1.54) is 17.0 Å². The predicted octanol–water partition coefficient (Wildman–Crippen LogP) is 2.66. The Balaban J connectivity index is 1.59. The zero-order chi connectivity index (χ0) is 20.6. The van der Waals surface area contributed by atoms with E-state index in [9.17, 15) is 18.0 Å². The van der Waals surface area contributed by atoms with Crippen LogP contribution in [0, 0.1) is 0 Å². The van der Waals surface area contributed by atoms with Crippen LogP contribution in [0.15, 0.2) is 53.4 Å². The minimum absolute atomic E-state index is 0.0250. The molecule has 152 valence electrons. The van der Waals surface area contributed by atoms with Crippen LogP contribution in [-0.4, -0.2) is 44.5 Å². The average molecular weight is 415 g/mol. The number of fused-ring (bicyclic) bond motifs is 1. The summed E-state index contributed by atoms with van der Waals surface area (Å²) in [5.74, 6) is 0. The molecule has 2 aliphatic heterocycles. The molecule has 1 saturated heterocycles. The number of nitrogens with one attached hydrogen (secondary N) is 1. The molecule has 0 saturated carbocycles. The Bertz CT molecular complexity index is 1060. The second kappa shape index (κ2) is 7.40. The SMILES string of the molecule is CCOC(=O)N1CCc2cc(S(=O)(=O)N3CC(c4ccccc4)NC3=O)ccc21. The normalized spacial score (nSPS) is 18.5. The highest BCUT2D eigenvalue weighted by molar-refractivity contribution is 7.89. The van der Waals surface area contributed by atoms with Crippen LogP contribution in [0.3, 0.4) is 0 Å². The van der Waals surface area contributed by atoms with Crippen LogP contribution in [0.1, 0.15) is 24.1 Å². The van der Waals surface area contributed by atoms with Crippen molar-refractivity contribution in [2.24, 2.45) is 0 Å². The highest BCUT2D eigenvalue weighted by Gasteiger charge is 2.39. The maximum absolute atomic E-state index is 13.1. The lowest BCUT2D eigenvalue weighted by atomic mass is 10.1. The molecule has 4 rings (SSSR count). The summed E-state index contributed by atoms with van der Waals surface area (Å²) < 4.78 is 32.1. The molecule has 2 aliphatic rings. The lowest BCUT2D eigenvalue weighted by Gasteiger charge is -2.18. The lowest BCUT2D eigenvalue weighted by molar-refractivity contribution is 0.160. The number of urea groups is 1. The van der Waals surface area contributed by atoms with Gasteiger partial charge in [0.25, 0.3) is 10.0 Å². The third-order valence-electron chi connectivity index (χ3n) is 5.10. The number of rotatable bonds is 4. The molecule has 0 aliphatic carbocycles. The molecule has 1 N–H and O–H groups in total. The van der Waals surface area contributed by atoms with E-state index in [4.69, 9.17) is 4.74 Å². The number of hydrogen-bond donors (Lipinski definition) is 1. The summed E-state index contributed by atoms with van der Waals surface area (Å²) in [4.78, 5) is 26.0. The molecule has 0 bridgehead atoms. The molecule has 0 spiro atoms. The highest BCUT2D eigenvalue weighted by Crippen LogP contribution is 2.33. The van der Waals surface area contributed by atoms with Crippen molar-refractivity contribution >= 4 is 27.8 Å². The number of amides is 3. The van der Waals surface area contributed by atoms with E-state index in [1.807, 2.05) is 30.3 Å². The van der Waals surface area contributed by atoms with Crippen LogP contribution in [0.2, 0.25) is 0 Å². The zero-order valence-electron chi connectivity index (χ0n) is 15.9. The van der Waals surface area contributed by atoms with E-state index >= 15 is 0 Å². The number of hydrogen-bond acceptors (Lipinski definition) is 5. The summed E-state index contributed by atoms with van der Waals surface area (Å²) in [5, 5.41) is 2.72. The van der Waals surface area contributed by atoms with Gasteiger partial charge in [-0.25, -0.2) is 22.3 Å². The Labute approximate surface area is 169 Å². The second-order valence-corrected chi connectivity index (χ2v) is 8.70. The summed E-state index contributed by atoms with van der Waals surface area (Å²) in [6, 6.07) is 12.7. The zero-order valence-corrected chi connectivity index (χ0v) is 16.7. The van der Waals surface area contributed by atoms with Crippen molar-refractivity contribution in [2.75, 3.05) is 24.6 Å². The van der Waals surface area contributed by atoms with E-state index in [0.717, 1.165) is 15.4 Å². The molecule has 9 heteroatoms. The molecule has 1 fully saturated rings. The van der Waals surface area contributed by atoms with Crippen molar-refractivity contribution in [1.82, 2.24) is 9.62 Å². The van der Waals surface area contributed by atoms with Gasteiger partial charge in [0.2, 0.25) is 0 Å². The van der Waals surface area contributed by atoms with Gasteiger partial charge in [0.05, 0.1) is 29.8 Å². The molecule has 0 radical (unpaired) electrons. The molecule has 1 unspecified atom stereocenters. The molecule has 8 nitrogen and oxygen atoms in total. The fraction of sp³-hybridized carbons (Fsp3) is 0.300. The molecule has 2 aromatic carbocycles. The van der Waals surface area contributed by atoms with Crippen LogP contribution >= 0.6 is 0 Å². The van der Waals surface area contributed by atoms with Crippen LogP contribution in [-0.2, 0) is 21.2 Å². The maximum Gasteiger partial charge on any atom is 0.414 e. The van der Waals surface area contributed by atoms with Gasteiger partial charge in [-0.2, -0.15) is 0 Å². The first-order chi connectivity index (χ1) is 13.9. The Morgan fingerprint density at radius 2 is 1.97 bits per heavy atom. The minimum Gasteiger partial charge on any atom is -0.449 e. The van der Waals surface area contributed by atoms with Gasteiger partial charge < -0.3 is 10.1 Å². The van der Waals surface area contributed by atoms with Gasteiger partial charge in [-0.15, -0.1) is 0 Å². The van der Waals surface area contributed by atoms with Crippen LogP contribution in [0.5, 0.6) is 0 Å². The highest BCUT2D eigenvalue weighted by atomic mass is 32.2. The van der Waals surface area contributed by atoms with Crippen LogP contribution in [0.4, 0.5) is 15.3 Å². The monoisotopic (exact) mass is 415 g/mol. The number of carbonyl (C=O) groups is 2. The Kier molecular flexibility index (Phi) is 4.91. The molecule has 1 atom stereocenters. The summed E-state index contributed by atoms with van der Waals surface area (Å²) >= 11 is 0. The van der Waals surface area contributed by atoms with E-state index < -0.39 is 28.2 Å². The van der Waals surface area contributed by atoms with Crippen molar-refractivity contribution in [3.8, 4) is 0 Å². The van der Waals surface area contributed by atoms with Crippen molar-refractivity contribution in [3.05, 3.63) is 59.7 Å². The Morgan fingerprint density at radius 3 is 2.69 bits per heavy atom. The van der Waals surface area contributed by atoms with Gasteiger partial charge >= 0.3 is 12.1 Å². The summed E-state index contributed by atoms with van der Waals surface area (Å²) in [6.07, 6.45) is 0.0718. The molecular weight excluding hydrogens is 394 g/mol. The third kappa shape index (κ3) is 3.42. The predicted molar refractivity (Wildman–Crippen MR) is 106 cm³/mol. The van der Waals surface area contributed by atoms with Gasteiger partial charge in [-0.05, 0) is 42.7 Å². The maximum atomic E-state index is 13.1. The first-order valence-electron chi connectivity index (χ1n) is 9.37. The molecule has 29 heavy (non-hydrogen) atoms. The topological polar surface area (TPSA) is 96.0 Å². The number of carbonyl (C=O) groups excluding carboxylic acids is 2. The smallest absolute Gasteiger partial charge is 0.414 e. The van der Waals surface area contributed by atoms with Crippen molar-refractivity contribution in [1.29, 1.82) is 0 Å². The van der Waals surface area contributed by atoms with Crippen molar-refractivity contribution < 1.29 is 22.7 Å². The largest absolute Gasteiger partial charge is 0.449 e. The Hall–Kier alpha value is -3.07. The van der Waals surface area contributed by atoms with E-state index in [1.54, 1.807) is 13.0 Å². The number of benzene rings is 2. The van der Waals surface area contributed by atoms with Crippen molar-refractivity contribution in [2.45, 2.75) is 24.3 Å². The van der Waals surface area contributed by atoms with Gasteiger partial charge in [-0.1, -0.05) is 30.3 Å². The van der Waals surface area contributed by atoms with Crippen LogP contribution < -0.4 is 10.2 Å². The summed E-state index contributed by atoms with van der Waals surface area (Å²) in [6.45, 7) is 2.45. The summed E-state index contributed by atoms with van der Waals surface area (Å²) in [5.41, 5.74) is 2.21. The first-order valence-corrected chi connectivity index (χ1v) is 10.8. The number of anilines is 1. The quantitative estimate of drug-likeness (QED) is 0.828. The van der Waals surface area contributed by atoms with Gasteiger partial charge in [0.1, 0.15) is 0 Å². The standard InChI is InChI=1S/C20H21N3O5S/c1-2-28-20(25)22-11-10-15-12-16(8-9-18(15)22)29(26,27)23-13-17(21-19(23)24)14-6-4-3-5-7-14/h3-9,12,17H,2,10-11,13H2,1H3,(H,21,24). The lowest BCUT2D eigenvalue weighted by Crippen LogP contribution is -2.34. The van der Waals surface area contributed by atoms with Gasteiger partial charge in [0, 0.05) is 6.54 Å². The van der Waals surface area contributed by atoms with Crippen molar-refractivity contribution in [3.63, 3.8) is 0 Å². The van der Waals surface area contributed by atoms with E-state index in [0.29, 0.717) is 18.7 Å². The van der Waals surface area contributed by atoms with Gasteiger partial charge in [0.15, 0.2) is 0 Å². The number of sulfonamides is 1.